The molecule has 3 aliphatic carbocycles. The molecule has 0 aromatic carbocycles. The molecule has 1 heterocycles. The summed E-state index contributed by atoms with van der Waals surface area (Å²) in [6.07, 6.45) is 9.46. The van der Waals surface area contributed by atoms with E-state index in [1.165, 1.54) is 11.1 Å². The molecule has 0 radical (unpaired) electrons. The number of likely N-dealkylation sites (N-methyl/N-ethyl adjacent to an activating group) is 1. The van der Waals surface area contributed by atoms with Crippen LogP contribution in [0.15, 0.2) is 35.5 Å². The van der Waals surface area contributed by atoms with E-state index in [0.29, 0.717) is 5.92 Å². The van der Waals surface area contributed by atoms with Crippen LogP contribution in [0.4, 0.5) is 0 Å². The Morgan fingerprint density at radius 3 is 3.08 bits per heavy atom. The first-order valence-corrected chi connectivity index (χ1v) is 4.63. The van der Waals surface area contributed by atoms with Crippen molar-refractivity contribution < 1.29 is 4.79 Å². The molecule has 2 bridgehead atoms. The van der Waals surface area contributed by atoms with E-state index in [-0.39, 0.29) is 11.9 Å². The molecule has 2 heteroatoms. The molecule has 4 aliphatic rings. The van der Waals surface area contributed by atoms with Crippen LogP contribution in [0, 0.1) is 5.92 Å². The van der Waals surface area contributed by atoms with Crippen LogP contribution >= 0.6 is 0 Å². The number of hydrogen-bond donors (Lipinski definition) is 0. The van der Waals surface area contributed by atoms with Gasteiger partial charge in [-0.05, 0) is 23.5 Å². The van der Waals surface area contributed by atoms with Gasteiger partial charge < -0.3 is 4.90 Å². The van der Waals surface area contributed by atoms with E-state index in [1.807, 2.05) is 11.9 Å². The van der Waals surface area contributed by atoms with Crippen molar-refractivity contribution >= 4 is 5.91 Å². The van der Waals surface area contributed by atoms with Gasteiger partial charge in [0.25, 0.3) is 0 Å². The average molecular weight is 173 g/mol. The van der Waals surface area contributed by atoms with Gasteiger partial charge in [0.15, 0.2) is 0 Å². The van der Waals surface area contributed by atoms with E-state index < -0.39 is 0 Å². The topological polar surface area (TPSA) is 20.3 Å². The van der Waals surface area contributed by atoms with Crippen LogP contribution in [0.2, 0.25) is 0 Å². The van der Waals surface area contributed by atoms with Crippen LogP contribution in [0.3, 0.4) is 0 Å². The number of carbonyl (C=O) groups is 1. The van der Waals surface area contributed by atoms with Crippen molar-refractivity contribution in [2.45, 2.75) is 12.5 Å². The molecule has 4 rings (SSSR count). The summed E-state index contributed by atoms with van der Waals surface area (Å²) < 4.78 is 0. The lowest BCUT2D eigenvalue weighted by Crippen LogP contribution is -2.34. The maximum Gasteiger partial charge on any atom is 0.247 e. The Morgan fingerprint density at radius 2 is 2.31 bits per heavy atom. The van der Waals surface area contributed by atoms with Crippen molar-refractivity contribution in [2.75, 3.05) is 7.05 Å². The van der Waals surface area contributed by atoms with Crippen molar-refractivity contribution in [3.8, 4) is 0 Å². The zero-order valence-corrected chi connectivity index (χ0v) is 7.53. The smallest absolute Gasteiger partial charge is 0.247 e. The highest BCUT2D eigenvalue weighted by atomic mass is 16.2. The van der Waals surface area contributed by atoms with E-state index in [2.05, 4.69) is 18.2 Å². The molecule has 0 fully saturated rings. The van der Waals surface area contributed by atoms with Crippen LogP contribution in [-0.2, 0) is 4.79 Å². The van der Waals surface area contributed by atoms with Crippen molar-refractivity contribution in [1.29, 1.82) is 0 Å². The summed E-state index contributed by atoms with van der Waals surface area (Å²) in [6.45, 7) is 0. The third-order valence-corrected chi connectivity index (χ3v) is 3.13. The first-order valence-electron chi connectivity index (χ1n) is 4.63. The van der Waals surface area contributed by atoms with Gasteiger partial charge in [-0.25, -0.2) is 0 Å². The SMILES string of the molecule is CN1C(=O)C=C2C=C[C@@H]3C=C(C3)C21. The fraction of sp³-hybridized carbons (Fsp3) is 0.364. The fourth-order valence-corrected chi connectivity index (χ4v) is 2.35. The van der Waals surface area contributed by atoms with Crippen LogP contribution in [0.1, 0.15) is 6.42 Å². The van der Waals surface area contributed by atoms with Gasteiger partial charge in [0, 0.05) is 13.1 Å². The van der Waals surface area contributed by atoms with E-state index in [0.717, 1.165) is 6.42 Å². The Kier molecular flexibility index (Phi) is 1.17. The monoisotopic (exact) mass is 173 g/mol. The van der Waals surface area contributed by atoms with Crippen LogP contribution in [0.5, 0.6) is 0 Å². The maximum atomic E-state index is 11.4. The summed E-state index contributed by atoms with van der Waals surface area (Å²) in [5.74, 6) is 0.765. The number of nitrogens with zero attached hydrogens (tertiary/aromatic N) is 1. The lowest BCUT2D eigenvalue weighted by molar-refractivity contribution is -0.124. The summed E-state index contributed by atoms with van der Waals surface area (Å²) in [5.41, 5.74) is 2.58. The van der Waals surface area contributed by atoms with E-state index in [4.69, 9.17) is 0 Å². The molecule has 0 saturated carbocycles. The minimum absolute atomic E-state index is 0.135. The molecule has 0 aromatic heterocycles. The molecule has 0 saturated heterocycles. The highest BCUT2D eigenvalue weighted by molar-refractivity contribution is 5.93. The maximum absolute atomic E-state index is 11.4. The zero-order valence-electron chi connectivity index (χ0n) is 7.53. The quantitative estimate of drug-likeness (QED) is 0.505. The number of allylic oxidation sites excluding steroid dienone is 2. The molecule has 0 aromatic rings. The van der Waals surface area contributed by atoms with Gasteiger partial charge >= 0.3 is 0 Å². The van der Waals surface area contributed by atoms with E-state index in [1.54, 1.807) is 6.08 Å². The van der Waals surface area contributed by atoms with E-state index in [9.17, 15) is 4.79 Å². The van der Waals surface area contributed by atoms with Crippen molar-refractivity contribution in [3.05, 3.63) is 35.5 Å². The highest BCUT2D eigenvalue weighted by Gasteiger charge is 2.37. The predicted octanol–water partition coefficient (Wildman–Crippen LogP) is 1.27. The Balaban J connectivity index is 2.11. The molecule has 13 heavy (non-hydrogen) atoms. The summed E-state index contributed by atoms with van der Waals surface area (Å²) in [7, 11) is 1.88. The second kappa shape index (κ2) is 2.13. The molecule has 0 N–H and O–H groups in total. The van der Waals surface area contributed by atoms with E-state index >= 15 is 0 Å². The number of amides is 1. The van der Waals surface area contributed by atoms with Gasteiger partial charge in [0.05, 0.1) is 6.04 Å². The summed E-state index contributed by atoms with van der Waals surface area (Å²) in [4.78, 5) is 13.2. The lowest BCUT2D eigenvalue weighted by atomic mass is 9.83. The first kappa shape index (κ1) is 7.13. The highest BCUT2D eigenvalue weighted by Crippen LogP contribution is 2.40. The molecule has 2 nitrogen and oxygen atoms in total. The largest absolute Gasteiger partial charge is 0.331 e. The van der Waals surface area contributed by atoms with Crippen LogP contribution < -0.4 is 0 Å². The first-order chi connectivity index (χ1) is 6.25. The zero-order chi connectivity index (χ0) is 9.00. The summed E-state index contributed by atoms with van der Waals surface area (Å²) in [6, 6.07) is 0.252. The van der Waals surface area contributed by atoms with Gasteiger partial charge in [-0.2, -0.15) is 0 Å². The Labute approximate surface area is 77.2 Å². The second-order valence-electron chi connectivity index (χ2n) is 3.96. The standard InChI is InChI=1S/C11H11NO/c1-12-10(13)6-8-3-2-7-4-9(5-7)11(8)12/h2-4,6-7,11H,5H2,1H3/t7-,11?/m1/s1. The molecule has 0 spiro atoms. The predicted molar refractivity (Wildman–Crippen MR) is 50.0 cm³/mol. The third kappa shape index (κ3) is 0.804. The van der Waals surface area contributed by atoms with Gasteiger partial charge in [0.1, 0.15) is 0 Å². The Hall–Kier alpha value is -1.31. The molecule has 1 aliphatic heterocycles. The number of carbonyl (C=O) groups excluding carboxylic acids is 1. The second-order valence-corrected chi connectivity index (χ2v) is 3.96. The third-order valence-electron chi connectivity index (χ3n) is 3.13. The fourth-order valence-electron chi connectivity index (χ4n) is 2.35. The van der Waals surface area contributed by atoms with Gasteiger partial charge in [-0.1, -0.05) is 18.2 Å². The minimum Gasteiger partial charge on any atom is -0.331 e. The molecule has 1 amide bonds. The average Bonchev–Trinajstić information content (AvgIpc) is 2.27. The molecular weight excluding hydrogens is 162 g/mol. The summed E-state index contributed by atoms with van der Waals surface area (Å²) >= 11 is 0. The lowest BCUT2D eigenvalue weighted by Gasteiger charge is -2.30. The van der Waals surface area contributed by atoms with Gasteiger partial charge in [-0.15, -0.1) is 0 Å². The molecule has 2 atom stereocenters. The molecular formula is C11H11NO. The van der Waals surface area contributed by atoms with Gasteiger partial charge in [-0.3, -0.25) is 4.79 Å². The minimum atomic E-state index is 0.135. The number of rotatable bonds is 0. The van der Waals surface area contributed by atoms with Crippen molar-refractivity contribution in [1.82, 2.24) is 4.90 Å². The number of hydrogen-bond acceptors (Lipinski definition) is 1. The Bertz CT molecular complexity index is 376. The van der Waals surface area contributed by atoms with Crippen molar-refractivity contribution in [3.63, 3.8) is 0 Å². The summed E-state index contributed by atoms with van der Waals surface area (Å²) in [5, 5.41) is 0. The van der Waals surface area contributed by atoms with Crippen LogP contribution in [0.25, 0.3) is 0 Å². The van der Waals surface area contributed by atoms with Crippen molar-refractivity contribution in [2.24, 2.45) is 5.92 Å². The normalized spacial score (nSPS) is 34.8. The molecule has 1 unspecified atom stereocenters. The van der Waals surface area contributed by atoms with Crippen LogP contribution in [-0.4, -0.2) is 23.9 Å². The Morgan fingerprint density at radius 1 is 1.54 bits per heavy atom. The van der Waals surface area contributed by atoms with Gasteiger partial charge in [0.2, 0.25) is 5.91 Å². The molecule has 66 valence electrons.